The predicted octanol–water partition coefficient (Wildman–Crippen LogP) is 20.2. The third-order valence-corrected chi connectivity index (χ3v) is 23.5. The van der Waals surface area contributed by atoms with Gasteiger partial charge in [0.25, 0.3) is 0 Å². The highest BCUT2D eigenvalue weighted by molar-refractivity contribution is 5.69. The number of aliphatic carboxylic acids is 6. The molecule has 145 heavy (non-hydrogen) atoms. The van der Waals surface area contributed by atoms with Gasteiger partial charge in [-0.25, -0.2) is 28.8 Å². The van der Waals surface area contributed by atoms with E-state index in [1.807, 2.05) is 125 Å². The maximum Gasteiger partial charge on any atom is 0.412 e. The first kappa shape index (κ1) is 134. The van der Waals surface area contributed by atoms with E-state index in [2.05, 4.69) is 99.8 Å². The van der Waals surface area contributed by atoms with Gasteiger partial charge in [-0.2, -0.15) is 13.2 Å². The van der Waals surface area contributed by atoms with Gasteiger partial charge in [-0.15, -0.1) is 0 Å². The number of hydrogen-bond acceptors (Lipinski definition) is 24. The van der Waals surface area contributed by atoms with Crippen LogP contribution in [0.4, 0.5) is 13.2 Å². The van der Waals surface area contributed by atoms with E-state index in [9.17, 15) is 41.9 Å². The van der Waals surface area contributed by atoms with Crippen molar-refractivity contribution in [3.8, 4) is 0 Å². The van der Waals surface area contributed by atoms with Crippen LogP contribution in [0.1, 0.15) is 194 Å². The van der Waals surface area contributed by atoms with Gasteiger partial charge in [-0.05, 0) is 146 Å². The summed E-state index contributed by atoms with van der Waals surface area (Å²) in [7, 11) is 9.54. The molecule has 0 fully saturated rings. The molecule has 6 aliphatic rings. The SMILES string of the molecule is CO[C@H]1/C=C/CC/C(C(F)(F)F)=C/COC/C(C)=C\[C@@H](C)[C@@H]1OCC(=O)O.CO[C@H]1/C=C/CC/C(C)=C/COC/C(C)=C\[C@@H](C)[C@@H]1OCC(=O)O.CO[C@H]1/C=C/CC/C(C)=C\COC/C(C)=C\[C@@H](C)[C@@H]1OCC(=O)O.CO[C@H]1/C=C/CC/C(C)=C\COC/C(C)=C\[C@@H](C)[C@@H]1OCC(=O)O.CO[C@H]1/C=C/CC/C=C/COC/C(C)=C\[C@@H](C)[C@@H]1OCC(=O)O.CO[C@H]1/C=C/CCCCCOC/C(C)=C\[C@@H](C)[C@@H]1OCC(=O)O. The maximum absolute atomic E-state index is 13.1. The second-order valence-electron chi connectivity index (χ2n) is 37.1. The normalized spacial score (nSPS) is 32.2. The topological polar surface area (TPSA) is 390 Å². The molecular formula is C112H175F3O30. The van der Waals surface area contributed by atoms with Crippen LogP contribution in [-0.2, 0) is 114 Å². The number of methoxy groups -OCH3 is 6. The number of carboxylic acid groups (broad SMARTS) is 6. The van der Waals surface area contributed by atoms with Crippen molar-refractivity contribution in [1.29, 1.82) is 0 Å². The standard InChI is InChI=1S/C19H27F3O5.3C19H30O5.C18H30O5.C18H28O5/c1-13-10-14(2)18(27-12-17(23)24)16(25-3)7-5-4-6-15(19(20,21)22)8-9-26-11-13;3*1-14-7-5-6-8-17(22-4)19(24-13-18(20)21)16(3)11-15(2)12-23-10-9-14;2*1-14-11-15(2)18(23-13-17(19)20)16(21-3)9-7-5-4-6-8-10-22-12-14/h5,7-8,10,14,16,18H,4,6,9,11-12H2,1-3H3,(H,23,24);3*6,8-9,11,16-17,19H,5,7,10,12-13H2,1-4H3,(H,20,21);7,9,11,15-16,18H,4-6,8,10,12-13H2,1-3H3,(H,19,20);6-9,11,15-16,18H,4-5,10,12-13H2,1-3H3,(H,19,20)/b7-5+,13-10-,15-8-;8-6+,14-9+,15-11-;2*8-6+,14-9-,15-11-;9-7+,14-11-;8-6+,9-7+,14-11-/t14-,16+,18+;3*16-,17+,19+;2*15-,16+,18+/m111111/s1. The van der Waals surface area contributed by atoms with Crippen molar-refractivity contribution < 1.29 is 158 Å². The minimum absolute atomic E-state index is 0.00256. The highest BCUT2D eigenvalue weighted by Gasteiger charge is 2.35. The molecular weight excluding hydrogens is 1880 g/mol. The van der Waals surface area contributed by atoms with E-state index >= 15 is 0 Å². The van der Waals surface area contributed by atoms with E-state index < -0.39 is 66.4 Å². The molecule has 0 bridgehead atoms. The van der Waals surface area contributed by atoms with Crippen molar-refractivity contribution in [3.05, 3.63) is 202 Å². The quantitative estimate of drug-likeness (QED) is 0.0489. The summed E-state index contributed by atoms with van der Waals surface area (Å²) in [4.78, 5) is 65.2. The van der Waals surface area contributed by atoms with E-state index in [0.29, 0.717) is 59.5 Å². The third kappa shape index (κ3) is 65.8. The molecule has 30 nitrogen and oxygen atoms in total. The number of carboxylic acids is 6. The minimum atomic E-state index is -4.40. The molecule has 6 aliphatic heterocycles. The Morgan fingerprint density at radius 3 is 0.745 bits per heavy atom. The molecule has 0 amide bonds. The largest absolute Gasteiger partial charge is 0.480 e. The summed E-state index contributed by atoms with van der Waals surface area (Å²) in [5.41, 5.74) is 9.53. The van der Waals surface area contributed by atoms with Gasteiger partial charge >= 0.3 is 42.0 Å². The fourth-order valence-corrected chi connectivity index (χ4v) is 16.2. The maximum atomic E-state index is 13.1. The molecule has 6 rings (SSSR count). The first-order valence-electron chi connectivity index (χ1n) is 50.1. The first-order valence-corrected chi connectivity index (χ1v) is 50.1. The lowest BCUT2D eigenvalue weighted by Crippen LogP contribution is -2.36. The molecule has 0 radical (unpaired) electrons. The van der Waals surface area contributed by atoms with Gasteiger partial charge in [0, 0.05) is 90.3 Å². The van der Waals surface area contributed by atoms with Crippen LogP contribution in [0.25, 0.3) is 0 Å². The van der Waals surface area contributed by atoms with Crippen LogP contribution in [0, 0.1) is 35.5 Å². The summed E-state index contributed by atoms with van der Waals surface area (Å²) in [6, 6.07) is 0. The molecule has 6 heterocycles. The Hall–Kier alpha value is -8.53. The molecule has 0 aromatic rings. The zero-order valence-electron chi connectivity index (χ0n) is 90.0. The monoisotopic (exact) mass is 2060 g/mol. The summed E-state index contributed by atoms with van der Waals surface area (Å²) in [6.45, 7) is 33.9. The van der Waals surface area contributed by atoms with Crippen LogP contribution in [0.2, 0.25) is 0 Å². The smallest absolute Gasteiger partial charge is 0.412 e. The Morgan fingerprint density at radius 2 is 0.497 bits per heavy atom. The van der Waals surface area contributed by atoms with E-state index in [1.165, 1.54) is 23.8 Å². The van der Waals surface area contributed by atoms with Crippen LogP contribution in [0.3, 0.4) is 0 Å². The summed E-state index contributed by atoms with van der Waals surface area (Å²) < 4.78 is 139. The summed E-state index contributed by atoms with van der Waals surface area (Å²) >= 11 is 0. The van der Waals surface area contributed by atoms with Gasteiger partial charge in [-0.3, -0.25) is 0 Å². The van der Waals surface area contributed by atoms with Crippen LogP contribution < -0.4 is 0 Å². The van der Waals surface area contributed by atoms with E-state index in [0.717, 1.165) is 123 Å². The Labute approximate surface area is 861 Å². The first-order chi connectivity index (χ1) is 69.0. The van der Waals surface area contributed by atoms with Gasteiger partial charge in [0.05, 0.1) is 109 Å². The van der Waals surface area contributed by atoms with E-state index in [-0.39, 0.29) is 156 Å². The van der Waals surface area contributed by atoms with Gasteiger partial charge in [0.2, 0.25) is 0 Å². The van der Waals surface area contributed by atoms with Crippen LogP contribution in [0.5, 0.6) is 0 Å². The molecule has 0 saturated carbocycles. The molecule has 0 aromatic carbocycles. The highest BCUT2D eigenvalue weighted by atomic mass is 19.4. The summed E-state index contributed by atoms with van der Waals surface area (Å²) in [5.74, 6) is -6.16. The zero-order valence-corrected chi connectivity index (χ0v) is 90.0. The molecule has 0 aromatic heterocycles. The molecule has 0 saturated heterocycles. The van der Waals surface area contributed by atoms with Crippen molar-refractivity contribution in [2.24, 2.45) is 35.5 Å². The Bertz CT molecular complexity index is 3990. The summed E-state index contributed by atoms with van der Waals surface area (Å²) in [5, 5.41) is 53.4. The fraction of sp³-hybridized carbons (Fsp3) is 0.643. The van der Waals surface area contributed by atoms with E-state index in [4.69, 9.17) is 116 Å². The number of rotatable bonds is 24. The average Bonchev–Trinajstić information content (AvgIpc) is 0.878. The van der Waals surface area contributed by atoms with Crippen molar-refractivity contribution in [2.45, 2.75) is 273 Å². The molecule has 0 unspecified atom stereocenters. The molecule has 6 N–H and O–H groups in total. The Morgan fingerprint density at radius 1 is 0.276 bits per heavy atom. The molecule has 33 heteroatoms. The zero-order chi connectivity index (χ0) is 108. The van der Waals surface area contributed by atoms with Crippen molar-refractivity contribution in [1.82, 2.24) is 0 Å². The third-order valence-electron chi connectivity index (χ3n) is 23.5. The second kappa shape index (κ2) is 81.4. The van der Waals surface area contributed by atoms with Crippen molar-refractivity contribution in [3.63, 3.8) is 0 Å². The van der Waals surface area contributed by atoms with Crippen LogP contribution in [0.15, 0.2) is 202 Å². The highest BCUT2D eigenvalue weighted by Crippen LogP contribution is 2.32. The number of ether oxygens (including phenoxy) is 18. The fourth-order valence-electron chi connectivity index (χ4n) is 16.2. The van der Waals surface area contributed by atoms with Gasteiger partial charge in [0.15, 0.2) is 0 Å². The van der Waals surface area contributed by atoms with Gasteiger partial charge in [0.1, 0.15) is 76.3 Å². The molecule has 0 spiro atoms. The number of carbonyl (C=O) groups is 6. The van der Waals surface area contributed by atoms with Crippen LogP contribution in [-0.4, -0.2) is 307 Å². The second-order valence-corrected chi connectivity index (χ2v) is 37.1. The lowest BCUT2D eigenvalue weighted by molar-refractivity contribution is -0.148. The Balaban J connectivity index is 0.000000871. The number of alkyl halides is 3. The number of halogens is 3. The molecule has 0 aliphatic carbocycles. The molecule has 824 valence electrons. The lowest BCUT2D eigenvalue weighted by Gasteiger charge is -2.28. The summed E-state index contributed by atoms with van der Waals surface area (Å²) in [6.07, 6.45) is 50.1. The molecule has 18 atom stereocenters. The predicted molar refractivity (Wildman–Crippen MR) is 556 cm³/mol. The number of allylic oxidation sites excluding steroid dienone is 11. The van der Waals surface area contributed by atoms with E-state index in [1.54, 1.807) is 54.6 Å². The minimum Gasteiger partial charge on any atom is -0.480 e. The number of hydrogen-bond donors (Lipinski definition) is 6. The lowest BCUT2D eigenvalue weighted by atomic mass is 9.96. The van der Waals surface area contributed by atoms with Crippen molar-refractivity contribution in [2.75, 3.05) is 162 Å². The average molecular weight is 2060 g/mol. The van der Waals surface area contributed by atoms with Crippen molar-refractivity contribution >= 4 is 35.8 Å². The van der Waals surface area contributed by atoms with Crippen LogP contribution >= 0.6 is 0 Å². The van der Waals surface area contributed by atoms with Gasteiger partial charge < -0.3 is 116 Å². The van der Waals surface area contributed by atoms with Gasteiger partial charge in [-0.1, -0.05) is 244 Å². The Kier molecular flexibility index (Phi) is 75.5.